The lowest BCUT2D eigenvalue weighted by molar-refractivity contribution is 1.07. The Kier molecular flexibility index (Phi) is 3.51. The van der Waals surface area contributed by atoms with Gasteiger partial charge in [0.25, 0.3) is 0 Å². The summed E-state index contributed by atoms with van der Waals surface area (Å²) in [4.78, 5) is 3.72. The number of guanidine groups is 1. The monoisotopic (exact) mass is 127 g/mol. The third-order valence-electron chi connectivity index (χ3n) is 0.999. The molecule has 0 rings (SSSR count). The number of hydrogen-bond acceptors (Lipinski definition) is 1. The van der Waals surface area contributed by atoms with E-state index in [0.29, 0.717) is 5.96 Å². The van der Waals surface area contributed by atoms with Crippen LogP contribution in [-0.2, 0) is 0 Å². The molecule has 0 aromatic rings. The van der Waals surface area contributed by atoms with Gasteiger partial charge < -0.3 is 11.1 Å². The molecular weight excluding hydrogens is 114 g/mol. The highest BCUT2D eigenvalue weighted by Crippen LogP contribution is 1.81. The lowest BCUT2D eigenvalue weighted by atomic mass is 10.5. The van der Waals surface area contributed by atoms with Crippen molar-refractivity contribution in [2.24, 2.45) is 10.7 Å². The first-order valence-corrected chi connectivity index (χ1v) is 2.83. The van der Waals surface area contributed by atoms with Gasteiger partial charge in [0.2, 0.25) is 0 Å². The van der Waals surface area contributed by atoms with Crippen molar-refractivity contribution >= 4 is 5.96 Å². The Labute approximate surface area is 55.7 Å². The zero-order chi connectivity index (χ0) is 7.28. The summed E-state index contributed by atoms with van der Waals surface area (Å²) in [7, 11) is 1.64. The molecule has 0 bridgehead atoms. The molecule has 3 heteroatoms. The van der Waals surface area contributed by atoms with Crippen molar-refractivity contribution in [1.82, 2.24) is 5.32 Å². The van der Waals surface area contributed by atoms with Gasteiger partial charge in [-0.1, -0.05) is 6.08 Å². The van der Waals surface area contributed by atoms with Crippen LogP contribution >= 0.6 is 0 Å². The van der Waals surface area contributed by atoms with Crippen LogP contribution in [-0.4, -0.2) is 13.0 Å². The highest BCUT2D eigenvalue weighted by Gasteiger charge is 1.86. The molecule has 0 saturated heterocycles. The summed E-state index contributed by atoms with van der Waals surface area (Å²) in [6.45, 7) is 3.86. The lowest BCUT2D eigenvalue weighted by Crippen LogP contribution is -2.29. The average molecular weight is 127 g/mol. The van der Waals surface area contributed by atoms with Gasteiger partial charge in [-0.05, 0) is 13.8 Å². The topological polar surface area (TPSA) is 50.4 Å². The highest BCUT2D eigenvalue weighted by atomic mass is 15.1. The smallest absolute Gasteiger partial charge is 0.192 e. The van der Waals surface area contributed by atoms with E-state index in [2.05, 4.69) is 10.3 Å². The number of aliphatic imine (C=N–C) groups is 1. The molecule has 0 atom stereocenters. The third-order valence-corrected chi connectivity index (χ3v) is 0.999. The second-order valence-electron chi connectivity index (χ2n) is 1.71. The second-order valence-corrected chi connectivity index (χ2v) is 1.71. The van der Waals surface area contributed by atoms with Crippen molar-refractivity contribution in [2.75, 3.05) is 7.05 Å². The Hall–Kier alpha value is -0.990. The number of allylic oxidation sites excluding steroid dienone is 2. The number of nitrogens with one attached hydrogen (secondary N) is 1. The molecule has 3 N–H and O–H groups in total. The molecule has 0 aromatic heterocycles. The molecule has 0 heterocycles. The van der Waals surface area contributed by atoms with Crippen LogP contribution in [0.25, 0.3) is 0 Å². The largest absolute Gasteiger partial charge is 0.370 e. The molecule has 0 aliphatic heterocycles. The molecule has 0 amide bonds. The number of nitrogens with two attached hydrogens (primary N) is 1. The zero-order valence-corrected chi connectivity index (χ0v) is 6.10. The number of hydrogen-bond donors (Lipinski definition) is 2. The third kappa shape index (κ3) is 3.58. The van der Waals surface area contributed by atoms with Gasteiger partial charge in [-0.3, -0.25) is 4.99 Å². The van der Waals surface area contributed by atoms with Crippen molar-refractivity contribution in [2.45, 2.75) is 13.8 Å². The molecule has 0 unspecified atom stereocenters. The summed E-state index contributed by atoms with van der Waals surface area (Å²) in [6.07, 6.45) is 1.93. The van der Waals surface area contributed by atoms with Crippen molar-refractivity contribution in [1.29, 1.82) is 0 Å². The first kappa shape index (κ1) is 8.01. The van der Waals surface area contributed by atoms with Gasteiger partial charge >= 0.3 is 0 Å². The molecule has 9 heavy (non-hydrogen) atoms. The molecule has 0 aliphatic carbocycles. The van der Waals surface area contributed by atoms with E-state index in [-0.39, 0.29) is 0 Å². The maximum absolute atomic E-state index is 5.35. The molecule has 0 saturated carbocycles. The Morgan fingerprint density at radius 1 is 1.67 bits per heavy atom. The predicted octanol–water partition coefficient (Wildman–Crippen LogP) is 0.444. The van der Waals surface area contributed by atoms with E-state index in [1.807, 2.05) is 19.9 Å². The van der Waals surface area contributed by atoms with Crippen LogP contribution in [0.1, 0.15) is 13.8 Å². The lowest BCUT2D eigenvalue weighted by Gasteiger charge is -2.01. The van der Waals surface area contributed by atoms with Crippen LogP contribution in [0.2, 0.25) is 0 Å². The summed E-state index contributed by atoms with van der Waals surface area (Å²) >= 11 is 0. The van der Waals surface area contributed by atoms with Crippen LogP contribution in [0.5, 0.6) is 0 Å². The van der Waals surface area contributed by atoms with Crippen molar-refractivity contribution in [3.63, 3.8) is 0 Å². The number of nitrogens with zero attached hydrogens (tertiary/aromatic N) is 1. The predicted molar refractivity (Wildman–Crippen MR) is 40.1 cm³/mol. The fraction of sp³-hybridized carbons (Fsp3) is 0.500. The fourth-order valence-electron chi connectivity index (χ4n) is 0.330. The molecule has 52 valence electrons. The van der Waals surface area contributed by atoms with E-state index in [1.165, 1.54) is 0 Å². The summed E-state index contributed by atoms with van der Waals surface area (Å²) in [6, 6.07) is 0. The zero-order valence-electron chi connectivity index (χ0n) is 6.10. The van der Waals surface area contributed by atoms with Gasteiger partial charge in [-0.25, -0.2) is 0 Å². The summed E-state index contributed by atoms with van der Waals surface area (Å²) in [5.41, 5.74) is 6.36. The van der Waals surface area contributed by atoms with Crippen LogP contribution in [0.3, 0.4) is 0 Å². The summed E-state index contributed by atoms with van der Waals surface area (Å²) in [5.74, 6) is 0.450. The summed E-state index contributed by atoms with van der Waals surface area (Å²) < 4.78 is 0. The normalized spacial score (nSPS) is 13.7. The molecule has 3 nitrogen and oxygen atoms in total. The van der Waals surface area contributed by atoms with E-state index in [9.17, 15) is 0 Å². The van der Waals surface area contributed by atoms with E-state index >= 15 is 0 Å². The molecule has 0 fully saturated rings. The maximum Gasteiger partial charge on any atom is 0.192 e. The van der Waals surface area contributed by atoms with Crippen LogP contribution < -0.4 is 11.1 Å². The van der Waals surface area contributed by atoms with E-state index in [0.717, 1.165) is 5.70 Å². The molecule has 0 aromatic carbocycles. The second kappa shape index (κ2) is 3.95. The van der Waals surface area contributed by atoms with E-state index < -0.39 is 0 Å². The summed E-state index contributed by atoms with van der Waals surface area (Å²) in [5, 5.41) is 2.87. The van der Waals surface area contributed by atoms with Gasteiger partial charge in [0.05, 0.1) is 0 Å². The highest BCUT2D eigenvalue weighted by molar-refractivity contribution is 5.79. The molecule has 0 aliphatic rings. The van der Waals surface area contributed by atoms with Crippen molar-refractivity contribution in [3.8, 4) is 0 Å². The van der Waals surface area contributed by atoms with Gasteiger partial charge in [-0.15, -0.1) is 0 Å². The molecular formula is C6H13N3. The first-order valence-electron chi connectivity index (χ1n) is 2.83. The number of rotatable bonds is 1. The first-order chi connectivity index (χ1) is 4.20. The molecule has 0 radical (unpaired) electrons. The van der Waals surface area contributed by atoms with Crippen LogP contribution in [0, 0.1) is 0 Å². The average Bonchev–Trinajstić information content (AvgIpc) is 1.87. The molecule has 0 spiro atoms. The van der Waals surface area contributed by atoms with Crippen molar-refractivity contribution < 1.29 is 0 Å². The Morgan fingerprint density at radius 2 is 2.22 bits per heavy atom. The van der Waals surface area contributed by atoms with E-state index in [1.54, 1.807) is 7.05 Å². The Balaban J connectivity index is 3.75. The van der Waals surface area contributed by atoms with E-state index in [4.69, 9.17) is 5.73 Å². The van der Waals surface area contributed by atoms with Gasteiger partial charge in [-0.2, -0.15) is 0 Å². The fourth-order valence-corrected chi connectivity index (χ4v) is 0.330. The van der Waals surface area contributed by atoms with Crippen molar-refractivity contribution in [3.05, 3.63) is 11.8 Å². The minimum absolute atomic E-state index is 0.450. The minimum atomic E-state index is 0.450. The maximum atomic E-state index is 5.35. The standard InChI is InChI=1S/C6H13N3/c1-4-5(2)9-6(7)8-3/h4H,1-3H3,(H3,7,8,9)/b5-4+. The quantitative estimate of drug-likeness (QED) is 0.397. The van der Waals surface area contributed by atoms with Gasteiger partial charge in [0.15, 0.2) is 5.96 Å². The van der Waals surface area contributed by atoms with Gasteiger partial charge in [0.1, 0.15) is 0 Å². The van der Waals surface area contributed by atoms with Crippen LogP contribution in [0.15, 0.2) is 16.8 Å². The Morgan fingerprint density at radius 3 is 2.56 bits per heavy atom. The minimum Gasteiger partial charge on any atom is -0.370 e. The van der Waals surface area contributed by atoms with Gasteiger partial charge in [0, 0.05) is 12.7 Å². The Bertz CT molecular complexity index is 119. The van der Waals surface area contributed by atoms with Crippen LogP contribution in [0.4, 0.5) is 0 Å². The SMILES string of the molecule is C/C=C(\C)NC(N)=NC.